The Hall–Kier alpha value is -2.11. The van der Waals surface area contributed by atoms with E-state index in [1.165, 1.54) is 0 Å². The van der Waals surface area contributed by atoms with Crippen LogP contribution in [0.4, 0.5) is 13.2 Å². The van der Waals surface area contributed by atoms with E-state index in [2.05, 4.69) is 4.98 Å². The molecule has 0 spiro atoms. The number of hydrogen-bond acceptors (Lipinski definition) is 2. The Kier molecular flexibility index (Phi) is 2.47. The van der Waals surface area contributed by atoms with Crippen molar-refractivity contribution in [1.29, 1.82) is 0 Å². The fraction of sp³-hybridized carbons (Fsp3) is 0. The van der Waals surface area contributed by atoms with Crippen LogP contribution in [0, 0.1) is 17.5 Å². The predicted octanol–water partition coefficient (Wildman–Crippen LogP) is 1.85. The van der Waals surface area contributed by atoms with Crippen LogP contribution < -0.4 is 5.56 Å². The molecule has 0 amide bonds. The van der Waals surface area contributed by atoms with E-state index in [9.17, 15) is 18.0 Å². The van der Waals surface area contributed by atoms with Gasteiger partial charge in [-0.15, -0.1) is 0 Å². The highest BCUT2D eigenvalue weighted by Crippen LogP contribution is 2.21. The molecular weight excluding hydrogens is 221 g/mol. The van der Waals surface area contributed by atoms with Gasteiger partial charge in [0.05, 0.1) is 6.33 Å². The summed E-state index contributed by atoms with van der Waals surface area (Å²) in [5.41, 5.74) is -1.71. The van der Waals surface area contributed by atoms with Crippen LogP contribution in [0.3, 0.4) is 0 Å². The minimum atomic E-state index is -1.20. The molecule has 2 rings (SSSR count). The number of nitrogens with one attached hydrogen (secondary N) is 1. The Bertz CT molecular complexity index is 595. The van der Waals surface area contributed by atoms with Crippen molar-refractivity contribution in [2.75, 3.05) is 0 Å². The molecule has 6 heteroatoms. The van der Waals surface area contributed by atoms with Gasteiger partial charge >= 0.3 is 0 Å². The van der Waals surface area contributed by atoms with Crippen molar-refractivity contribution in [2.24, 2.45) is 0 Å². The summed E-state index contributed by atoms with van der Waals surface area (Å²) in [6.07, 6.45) is 0.948. The summed E-state index contributed by atoms with van der Waals surface area (Å²) in [5.74, 6) is -2.96. The lowest BCUT2D eigenvalue weighted by Gasteiger charge is -2.02. The van der Waals surface area contributed by atoms with E-state index in [0.717, 1.165) is 18.5 Å². The normalized spacial score (nSPS) is 10.4. The summed E-state index contributed by atoms with van der Waals surface area (Å²) in [5, 5.41) is 0. The van der Waals surface area contributed by atoms with Gasteiger partial charge in [0.2, 0.25) is 5.82 Å². The van der Waals surface area contributed by atoms with Gasteiger partial charge in [0.15, 0.2) is 0 Å². The number of hydrogen-bond donors (Lipinski definition) is 1. The average Bonchev–Trinajstić information content (AvgIpc) is 2.23. The van der Waals surface area contributed by atoms with Crippen molar-refractivity contribution in [3.05, 3.63) is 52.3 Å². The first-order chi connectivity index (χ1) is 7.59. The molecule has 0 aliphatic heterocycles. The Labute approximate surface area is 87.6 Å². The average molecular weight is 226 g/mol. The molecule has 0 unspecified atom stereocenters. The van der Waals surface area contributed by atoms with Crippen LogP contribution in [0.25, 0.3) is 11.3 Å². The molecule has 0 atom stereocenters. The van der Waals surface area contributed by atoms with Crippen molar-refractivity contribution in [2.45, 2.75) is 0 Å². The number of halogens is 3. The number of benzene rings is 1. The van der Waals surface area contributed by atoms with Crippen LogP contribution in [-0.4, -0.2) is 9.97 Å². The summed E-state index contributed by atoms with van der Waals surface area (Å²) in [6, 6.07) is 2.58. The van der Waals surface area contributed by atoms with E-state index in [1.54, 1.807) is 0 Å². The molecule has 1 heterocycles. The number of rotatable bonds is 1. The van der Waals surface area contributed by atoms with Gasteiger partial charge < -0.3 is 4.98 Å². The third-order valence-corrected chi connectivity index (χ3v) is 1.98. The fourth-order valence-electron chi connectivity index (χ4n) is 1.25. The first kappa shape index (κ1) is 10.4. The topological polar surface area (TPSA) is 45.8 Å². The maximum absolute atomic E-state index is 13.3. The monoisotopic (exact) mass is 226 g/mol. The smallest absolute Gasteiger partial charge is 0.287 e. The van der Waals surface area contributed by atoms with E-state index in [0.29, 0.717) is 6.07 Å². The molecule has 0 radical (unpaired) electrons. The van der Waals surface area contributed by atoms with E-state index in [1.807, 2.05) is 4.98 Å². The molecule has 3 nitrogen and oxygen atoms in total. The predicted molar refractivity (Wildman–Crippen MR) is 50.2 cm³/mol. The summed E-state index contributed by atoms with van der Waals surface area (Å²) in [6.45, 7) is 0. The first-order valence-electron chi connectivity index (χ1n) is 4.28. The van der Waals surface area contributed by atoms with Crippen molar-refractivity contribution in [3.63, 3.8) is 0 Å². The SMILES string of the molecule is O=c1[nH]cnc(-c2ccc(F)cc2F)c1F. The Morgan fingerprint density at radius 3 is 2.62 bits per heavy atom. The van der Waals surface area contributed by atoms with Gasteiger partial charge in [-0.25, -0.2) is 13.8 Å². The molecule has 16 heavy (non-hydrogen) atoms. The van der Waals surface area contributed by atoms with Gasteiger partial charge in [0.1, 0.15) is 17.3 Å². The zero-order chi connectivity index (χ0) is 11.7. The van der Waals surface area contributed by atoms with E-state index >= 15 is 0 Å². The molecule has 0 aliphatic rings. The molecule has 0 saturated heterocycles. The Balaban J connectivity index is 2.68. The van der Waals surface area contributed by atoms with E-state index in [-0.39, 0.29) is 5.56 Å². The second-order valence-electron chi connectivity index (χ2n) is 3.02. The third kappa shape index (κ3) is 1.69. The number of aromatic nitrogens is 2. The molecular formula is C10H5F3N2O. The van der Waals surface area contributed by atoms with Crippen LogP contribution >= 0.6 is 0 Å². The van der Waals surface area contributed by atoms with Crippen molar-refractivity contribution >= 4 is 0 Å². The molecule has 0 aliphatic carbocycles. The summed E-state index contributed by atoms with van der Waals surface area (Å²) >= 11 is 0. The molecule has 1 N–H and O–H groups in total. The number of H-pyrrole nitrogens is 1. The van der Waals surface area contributed by atoms with Gasteiger partial charge in [0, 0.05) is 11.6 Å². The molecule has 1 aromatic carbocycles. The van der Waals surface area contributed by atoms with Gasteiger partial charge in [0.25, 0.3) is 5.56 Å². The van der Waals surface area contributed by atoms with Crippen LogP contribution in [0.1, 0.15) is 0 Å². The minimum Gasteiger partial charge on any atom is -0.311 e. The van der Waals surface area contributed by atoms with Crippen molar-refractivity contribution in [3.8, 4) is 11.3 Å². The third-order valence-electron chi connectivity index (χ3n) is 1.98. The van der Waals surface area contributed by atoms with Crippen LogP contribution in [-0.2, 0) is 0 Å². The first-order valence-corrected chi connectivity index (χ1v) is 4.28. The Morgan fingerprint density at radius 1 is 1.19 bits per heavy atom. The second-order valence-corrected chi connectivity index (χ2v) is 3.02. The molecule has 0 saturated carbocycles. The molecule has 0 bridgehead atoms. The van der Waals surface area contributed by atoms with E-state index in [4.69, 9.17) is 0 Å². The van der Waals surface area contributed by atoms with Crippen LogP contribution in [0.5, 0.6) is 0 Å². The highest BCUT2D eigenvalue weighted by molar-refractivity contribution is 5.59. The standard InChI is InChI=1S/C10H5F3N2O/c11-5-1-2-6(7(12)3-5)9-8(13)10(16)15-4-14-9/h1-4H,(H,14,15,16). The highest BCUT2D eigenvalue weighted by Gasteiger charge is 2.14. The quantitative estimate of drug-likeness (QED) is 0.806. The highest BCUT2D eigenvalue weighted by atomic mass is 19.1. The molecule has 1 aromatic heterocycles. The summed E-state index contributed by atoms with van der Waals surface area (Å²) < 4.78 is 39.2. The zero-order valence-corrected chi connectivity index (χ0v) is 7.80. The number of aromatic amines is 1. The summed E-state index contributed by atoms with van der Waals surface area (Å²) in [7, 11) is 0. The maximum Gasteiger partial charge on any atom is 0.287 e. The van der Waals surface area contributed by atoms with Crippen LogP contribution in [0.15, 0.2) is 29.3 Å². The van der Waals surface area contributed by atoms with Crippen molar-refractivity contribution in [1.82, 2.24) is 9.97 Å². The zero-order valence-electron chi connectivity index (χ0n) is 7.80. The van der Waals surface area contributed by atoms with Crippen molar-refractivity contribution < 1.29 is 13.2 Å². The Morgan fingerprint density at radius 2 is 1.94 bits per heavy atom. The number of nitrogens with zero attached hydrogens (tertiary/aromatic N) is 1. The van der Waals surface area contributed by atoms with Gasteiger partial charge in [-0.2, -0.15) is 4.39 Å². The van der Waals surface area contributed by atoms with Gasteiger partial charge in [-0.1, -0.05) is 0 Å². The molecule has 82 valence electrons. The van der Waals surface area contributed by atoms with E-state index < -0.39 is 28.7 Å². The minimum absolute atomic E-state index is 0.259. The maximum atomic E-state index is 13.3. The lowest BCUT2D eigenvalue weighted by Crippen LogP contribution is -2.13. The van der Waals surface area contributed by atoms with Gasteiger partial charge in [-0.3, -0.25) is 4.79 Å². The fourth-order valence-corrected chi connectivity index (χ4v) is 1.25. The molecule has 0 fully saturated rings. The van der Waals surface area contributed by atoms with Gasteiger partial charge in [-0.05, 0) is 12.1 Å². The molecule has 2 aromatic rings. The lowest BCUT2D eigenvalue weighted by molar-refractivity contribution is 0.578. The van der Waals surface area contributed by atoms with Crippen LogP contribution in [0.2, 0.25) is 0 Å². The largest absolute Gasteiger partial charge is 0.311 e. The summed E-state index contributed by atoms with van der Waals surface area (Å²) in [4.78, 5) is 16.4. The lowest BCUT2D eigenvalue weighted by atomic mass is 10.1. The second kappa shape index (κ2) is 3.80.